The first kappa shape index (κ1) is 27.4. The fraction of sp³-hybridized carbons (Fsp3) is 0.400. The van der Waals surface area contributed by atoms with E-state index in [4.69, 9.17) is 4.98 Å². The molecule has 39 heavy (non-hydrogen) atoms. The highest BCUT2D eigenvalue weighted by Crippen LogP contribution is 2.52. The number of aromatic nitrogens is 2. The highest BCUT2D eigenvalue weighted by molar-refractivity contribution is 5.58. The molecule has 4 nitrogen and oxygen atoms in total. The van der Waals surface area contributed by atoms with Gasteiger partial charge >= 0.3 is 0 Å². The summed E-state index contributed by atoms with van der Waals surface area (Å²) in [4.78, 5) is 12.1. The smallest absolute Gasteiger partial charge is 0.137 e. The summed E-state index contributed by atoms with van der Waals surface area (Å²) in [6.45, 7) is 17.8. The molecule has 3 aromatic carbocycles. The predicted octanol–water partition coefficient (Wildman–Crippen LogP) is 7.27. The molecule has 1 aliphatic rings. The number of nitrogens with zero attached hydrogens (tertiary/aromatic N) is 2. The van der Waals surface area contributed by atoms with Crippen molar-refractivity contribution in [2.75, 3.05) is 26.2 Å². The Morgan fingerprint density at radius 2 is 1.31 bits per heavy atom. The Hall–Kier alpha value is -3.21. The van der Waals surface area contributed by atoms with E-state index in [1.165, 1.54) is 22.4 Å². The first-order chi connectivity index (χ1) is 18.7. The Morgan fingerprint density at radius 1 is 0.769 bits per heavy atom. The molecule has 0 aliphatic carbocycles. The van der Waals surface area contributed by atoms with E-state index in [2.05, 4.69) is 142 Å². The first-order valence-corrected chi connectivity index (χ1v) is 14.5. The van der Waals surface area contributed by atoms with Gasteiger partial charge in [-0.05, 0) is 24.0 Å². The minimum Gasteiger partial charge on any atom is -0.340 e. The van der Waals surface area contributed by atoms with Crippen molar-refractivity contribution < 1.29 is 0 Å². The summed E-state index contributed by atoms with van der Waals surface area (Å²) in [5, 5.41) is 3.61. The van der Waals surface area contributed by atoms with E-state index < -0.39 is 0 Å². The summed E-state index contributed by atoms with van der Waals surface area (Å²) in [6, 6.07) is 31.0. The van der Waals surface area contributed by atoms with Crippen molar-refractivity contribution in [3.8, 4) is 11.4 Å². The van der Waals surface area contributed by atoms with Crippen LogP contribution in [-0.2, 0) is 11.0 Å². The number of H-pyrrole nitrogens is 1. The number of nitrogens with one attached hydrogen (secondary N) is 2. The Bertz CT molecular complexity index is 1300. The lowest BCUT2D eigenvalue weighted by atomic mass is 9.64. The molecule has 1 atom stereocenters. The molecule has 4 heteroatoms. The van der Waals surface area contributed by atoms with Crippen molar-refractivity contribution in [1.29, 1.82) is 0 Å². The molecule has 2 heterocycles. The maximum atomic E-state index is 5.40. The molecule has 204 valence electrons. The van der Waals surface area contributed by atoms with Crippen molar-refractivity contribution in [3.05, 3.63) is 113 Å². The van der Waals surface area contributed by atoms with Crippen LogP contribution in [0.1, 0.15) is 68.6 Å². The Morgan fingerprint density at radius 3 is 1.79 bits per heavy atom. The average Bonchev–Trinajstić information content (AvgIpc) is 3.40. The lowest BCUT2D eigenvalue weighted by Crippen LogP contribution is -2.60. The second-order valence-corrected chi connectivity index (χ2v) is 12.4. The third-order valence-corrected chi connectivity index (χ3v) is 8.37. The highest BCUT2D eigenvalue weighted by atomic mass is 15.3. The Kier molecular flexibility index (Phi) is 7.80. The maximum absolute atomic E-state index is 5.40. The average molecular weight is 521 g/mol. The molecule has 1 unspecified atom stereocenters. The molecule has 0 amide bonds. The first-order valence-electron chi connectivity index (χ1n) is 14.5. The van der Waals surface area contributed by atoms with Crippen LogP contribution in [0.15, 0.2) is 84.9 Å². The summed E-state index contributed by atoms with van der Waals surface area (Å²) in [7, 11) is 0. The highest BCUT2D eigenvalue weighted by Gasteiger charge is 2.52. The third kappa shape index (κ3) is 5.20. The van der Waals surface area contributed by atoms with Gasteiger partial charge in [-0.25, -0.2) is 4.98 Å². The molecule has 0 radical (unpaired) electrons. The van der Waals surface area contributed by atoms with Crippen molar-refractivity contribution in [2.24, 2.45) is 5.92 Å². The van der Waals surface area contributed by atoms with E-state index in [1.807, 2.05) is 0 Å². The monoisotopic (exact) mass is 520 g/mol. The number of aromatic amines is 1. The summed E-state index contributed by atoms with van der Waals surface area (Å²) in [5.41, 5.74) is 6.98. The maximum Gasteiger partial charge on any atom is 0.137 e. The molecule has 0 saturated carbocycles. The van der Waals surface area contributed by atoms with Crippen LogP contribution >= 0.6 is 0 Å². The summed E-state index contributed by atoms with van der Waals surface area (Å²) in [5.74, 6) is 1.37. The zero-order valence-corrected chi connectivity index (χ0v) is 24.5. The van der Waals surface area contributed by atoms with Gasteiger partial charge in [0.05, 0.1) is 16.9 Å². The van der Waals surface area contributed by atoms with Gasteiger partial charge in [-0.15, -0.1) is 0 Å². The second kappa shape index (κ2) is 11.1. The van der Waals surface area contributed by atoms with Crippen LogP contribution in [0.2, 0.25) is 0 Å². The molecule has 5 rings (SSSR count). The number of imidazole rings is 1. The van der Waals surface area contributed by atoms with Crippen LogP contribution in [-0.4, -0.2) is 41.0 Å². The zero-order valence-electron chi connectivity index (χ0n) is 24.5. The number of hydrogen-bond acceptors (Lipinski definition) is 3. The van der Waals surface area contributed by atoms with Gasteiger partial charge in [0, 0.05) is 43.1 Å². The molecule has 4 aromatic rings. The van der Waals surface area contributed by atoms with Crippen LogP contribution in [0.5, 0.6) is 0 Å². The van der Waals surface area contributed by atoms with Crippen LogP contribution in [0.3, 0.4) is 0 Å². The van der Waals surface area contributed by atoms with Gasteiger partial charge in [-0.3, -0.25) is 4.90 Å². The lowest BCUT2D eigenvalue weighted by Gasteiger charge is -2.53. The fourth-order valence-corrected chi connectivity index (χ4v) is 6.55. The zero-order chi connectivity index (χ0) is 27.6. The van der Waals surface area contributed by atoms with E-state index in [9.17, 15) is 0 Å². The van der Waals surface area contributed by atoms with E-state index in [1.54, 1.807) is 0 Å². The quantitative estimate of drug-likeness (QED) is 0.269. The van der Waals surface area contributed by atoms with Gasteiger partial charge in [-0.1, -0.05) is 125 Å². The van der Waals surface area contributed by atoms with Crippen molar-refractivity contribution in [3.63, 3.8) is 0 Å². The lowest BCUT2D eigenvalue weighted by molar-refractivity contribution is 0.00993. The van der Waals surface area contributed by atoms with Gasteiger partial charge in [0.2, 0.25) is 0 Å². The molecular weight excluding hydrogens is 476 g/mol. The third-order valence-electron chi connectivity index (χ3n) is 8.37. The molecule has 1 aromatic heterocycles. The fourth-order valence-electron chi connectivity index (χ4n) is 6.55. The molecule has 2 N–H and O–H groups in total. The molecule has 1 fully saturated rings. The predicted molar refractivity (Wildman–Crippen MR) is 163 cm³/mol. The summed E-state index contributed by atoms with van der Waals surface area (Å²) < 4.78 is 0. The van der Waals surface area contributed by atoms with Crippen molar-refractivity contribution in [1.82, 2.24) is 20.2 Å². The Labute approximate surface area is 234 Å². The van der Waals surface area contributed by atoms with E-state index in [-0.39, 0.29) is 16.9 Å². The summed E-state index contributed by atoms with van der Waals surface area (Å²) in [6.07, 6.45) is 0. The largest absolute Gasteiger partial charge is 0.340 e. The van der Waals surface area contributed by atoms with Gasteiger partial charge in [0.25, 0.3) is 0 Å². The number of hydrogen-bond donors (Lipinski definition) is 2. The molecular formula is C35H44N4. The van der Waals surface area contributed by atoms with Gasteiger partial charge < -0.3 is 10.3 Å². The molecule has 1 aliphatic heterocycles. The second-order valence-electron chi connectivity index (χ2n) is 12.4. The molecule has 0 spiro atoms. The van der Waals surface area contributed by atoms with E-state index in [0.29, 0.717) is 5.92 Å². The van der Waals surface area contributed by atoms with Gasteiger partial charge in [0.1, 0.15) is 5.82 Å². The van der Waals surface area contributed by atoms with Crippen LogP contribution < -0.4 is 5.32 Å². The van der Waals surface area contributed by atoms with Gasteiger partial charge in [0.15, 0.2) is 0 Å². The summed E-state index contributed by atoms with van der Waals surface area (Å²) >= 11 is 0. The minimum atomic E-state index is -0.344. The van der Waals surface area contributed by atoms with Crippen molar-refractivity contribution in [2.45, 2.75) is 58.4 Å². The molecule has 1 saturated heterocycles. The van der Waals surface area contributed by atoms with Gasteiger partial charge in [-0.2, -0.15) is 0 Å². The SMILES string of the molecule is Cc1ccc(-c2nc(C(C)(C)C)c(C(C(C)C)(C(c3ccccc3)c3ccccc3)N3CCNCC3)[nH]2)cc1. The number of aryl methyl sites for hydroxylation is 1. The van der Waals surface area contributed by atoms with Crippen LogP contribution in [0, 0.1) is 12.8 Å². The minimum absolute atomic E-state index is 0.116. The van der Waals surface area contributed by atoms with Crippen LogP contribution in [0.4, 0.5) is 0 Å². The Balaban J connectivity index is 1.86. The van der Waals surface area contributed by atoms with Crippen molar-refractivity contribution >= 4 is 0 Å². The standard InChI is InChI=1S/C35H44N4/c1-25(2)35(39-23-21-36-22-24-39,30(27-13-9-7-10-14-27)28-15-11-8-12-16-28)32-31(34(4,5)6)37-33(38-32)29-19-17-26(3)18-20-29/h7-20,25,30,36H,21-24H2,1-6H3,(H,37,38). The number of piperazine rings is 1. The van der Waals surface area contributed by atoms with E-state index >= 15 is 0 Å². The number of rotatable bonds is 7. The molecule has 0 bridgehead atoms. The van der Waals surface area contributed by atoms with E-state index in [0.717, 1.165) is 43.3 Å². The topological polar surface area (TPSA) is 44.0 Å². The normalized spacial score (nSPS) is 16.5. The number of benzene rings is 3. The van der Waals surface area contributed by atoms with Crippen LogP contribution in [0.25, 0.3) is 11.4 Å².